The first-order valence-corrected chi connectivity index (χ1v) is 8.39. The maximum atomic E-state index is 13.3. The summed E-state index contributed by atoms with van der Waals surface area (Å²) >= 11 is 6.04. The number of hydrogen-bond donors (Lipinski definition) is 1. The highest BCUT2D eigenvalue weighted by Crippen LogP contribution is 2.31. The van der Waals surface area contributed by atoms with E-state index in [9.17, 15) is 9.18 Å². The van der Waals surface area contributed by atoms with Crippen LogP contribution in [0.25, 0.3) is 0 Å². The van der Waals surface area contributed by atoms with Gasteiger partial charge < -0.3 is 10.1 Å². The van der Waals surface area contributed by atoms with Crippen LogP contribution in [0.1, 0.15) is 21.5 Å². The van der Waals surface area contributed by atoms with Gasteiger partial charge in [0.05, 0.1) is 17.2 Å². The summed E-state index contributed by atoms with van der Waals surface area (Å²) in [5.74, 6) is -0.136. The van der Waals surface area contributed by atoms with Gasteiger partial charge in [-0.25, -0.2) is 4.39 Å². The number of benzene rings is 3. The number of halogens is 2. The third-order valence-corrected chi connectivity index (χ3v) is 4.03. The zero-order valence-corrected chi connectivity index (χ0v) is 15.0. The van der Waals surface area contributed by atoms with E-state index >= 15 is 0 Å². The fraction of sp³-hybridized carbons (Fsp3) is 0.0476. The molecule has 4 nitrogen and oxygen atoms in total. The first kappa shape index (κ1) is 18.4. The van der Waals surface area contributed by atoms with Crippen LogP contribution >= 0.6 is 11.6 Å². The number of ether oxygens (including phenoxy) is 1. The average Bonchev–Trinajstić information content (AvgIpc) is 2.64. The quantitative estimate of drug-likeness (QED) is 0.631. The van der Waals surface area contributed by atoms with Crippen molar-refractivity contribution in [3.63, 3.8) is 0 Å². The van der Waals surface area contributed by atoms with Gasteiger partial charge in [0.15, 0.2) is 0 Å². The molecule has 1 amide bonds. The van der Waals surface area contributed by atoms with Crippen molar-refractivity contribution in [1.82, 2.24) is 0 Å². The zero-order valence-electron chi connectivity index (χ0n) is 14.3. The fourth-order valence-corrected chi connectivity index (χ4v) is 2.64. The van der Waals surface area contributed by atoms with Crippen molar-refractivity contribution >= 4 is 23.2 Å². The van der Waals surface area contributed by atoms with Crippen molar-refractivity contribution in [1.29, 1.82) is 5.26 Å². The molecular formula is C21H14ClFN2O2. The van der Waals surface area contributed by atoms with E-state index in [1.54, 1.807) is 43.3 Å². The number of amides is 1. The molecule has 0 aliphatic rings. The van der Waals surface area contributed by atoms with E-state index in [1.807, 2.05) is 6.07 Å². The standard InChI is InChI=1S/C21H14ClFN2O2/c1-13-9-16(23)6-8-19(13)27-20-11-15(22)5-7-18(20)21(26)25-17-4-2-3-14(10-17)12-24/h2-11H,1H3,(H,25,26). The van der Waals surface area contributed by atoms with E-state index in [1.165, 1.54) is 24.3 Å². The molecule has 3 rings (SSSR count). The summed E-state index contributed by atoms with van der Waals surface area (Å²) in [5.41, 5.74) is 1.76. The fourth-order valence-electron chi connectivity index (χ4n) is 2.48. The van der Waals surface area contributed by atoms with Crippen LogP contribution < -0.4 is 10.1 Å². The maximum absolute atomic E-state index is 13.3. The lowest BCUT2D eigenvalue weighted by molar-refractivity contribution is 0.102. The van der Waals surface area contributed by atoms with E-state index in [4.69, 9.17) is 21.6 Å². The monoisotopic (exact) mass is 380 g/mol. The molecule has 0 unspecified atom stereocenters. The van der Waals surface area contributed by atoms with Crippen LogP contribution in [0.3, 0.4) is 0 Å². The number of nitrogens with zero attached hydrogens (tertiary/aromatic N) is 1. The lowest BCUT2D eigenvalue weighted by Crippen LogP contribution is -2.13. The number of hydrogen-bond acceptors (Lipinski definition) is 3. The SMILES string of the molecule is Cc1cc(F)ccc1Oc1cc(Cl)ccc1C(=O)Nc1cccc(C#N)c1. The highest BCUT2D eigenvalue weighted by atomic mass is 35.5. The molecule has 134 valence electrons. The second-order valence-corrected chi connectivity index (χ2v) is 6.24. The molecule has 0 fully saturated rings. The summed E-state index contributed by atoms with van der Waals surface area (Å²) in [6.07, 6.45) is 0. The molecule has 6 heteroatoms. The summed E-state index contributed by atoms with van der Waals surface area (Å²) in [4.78, 5) is 12.7. The Morgan fingerprint density at radius 1 is 1.11 bits per heavy atom. The molecule has 0 saturated heterocycles. The molecule has 0 spiro atoms. The van der Waals surface area contributed by atoms with Gasteiger partial charge in [0.1, 0.15) is 17.3 Å². The van der Waals surface area contributed by atoms with Crippen molar-refractivity contribution in [2.45, 2.75) is 6.92 Å². The number of rotatable bonds is 4. The summed E-state index contributed by atoms with van der Waals surface area (Å²) < 4.78 is 19.1. The molecule has 3 aromatic carbocycles. The van der Waals surface area contributed by atoms with Gasteiger partial charge >= 0.3 is 0 Å². The Balaban J connectivity index is 1.91. The molecule has 0 aromatic heterocycles. The van der Waals surface area contributed by atoms with Crippen molar-refractivity contribution in [3.05, 3.63) is 88.2 Å². The number of aryl methyl sites for hydroxylation is 1. The van der Waals surface area contributed by atoms with E-state index in [0.29, 0.717) is 27.6 Å². The van der Waals surface area contributed by atoms with E-state index in [2.05, 4.69) is 5.32 Å². The number of carbonyl (C=O) groups is 1. The molecule has 0 saturated carbocycles. The van der Waals surface area contributed by atoms with E-state index in [0.717, 1.165) is 0 Å². The summed E-state index contributed by atoms with van der Waals surface area (Å²) in [7, 11) is 0. The van der Waals surface area contributed by atoms with Crippen LogP contribution in [0.15, 0.2) is 60.7 Å². The molecule has 0 heterocycles. The molecule has 3 aromatic rings. The average molecular weight is 381 g/mol. The summed E-state index contributed by atoms with van der Waals surface area (Å²) in [6.45, 7) is 1.70. The first-order valence-electron chi connectivity index (χ1n) is 8.01. The van der Waals surface area contributed by atoms with Crippen LogP contribution in [-0.2, 0) is 0 Å². The van der Waals surface area contributed by atoms with Crippen molar-refractivity contribution in [3.8, 4) is 17.6 Å². The van der Waals surface area contributed by atoms with Gasteiger partial charge in [-0.1, -0.05) is 17.7 Å². The topological polar surface area (TPSA) is 62.1 Å². The molecular weight excluding hydrogens is 367 g/mol. The van der Waals surface area contributed by atoms with Gasteiger partial charge in [-0.3, -0.25) is 4.79 Å². The highest BCUT2D eigenvalue weighted by Gasteiger charge is 2.15. The number of nitrogens with one attached hydrogen (secondary N) is 1. The zero-order chi connectivity index (χ0) is 19.4. The Labute approximate surface area is 160 Å². The molecule has 0 atom stereocenters. The third kappa shape index (κ3) is 4.43. The lowest BCUT2D eigenvalue weighted by Gasteiger charge is -2.13. The Kier molecular flexibility index (Phi) is 5.39. The second-order valence-electron chi connectivity index (χ2n) is 5.80. The summed E-state index contributed by atoms with van der Waals surface area (Å²) in [6, 6.07) is 17.3. The van der Waals surface area contributed by atoms with Crippen molar-refractivity contribution < 1.29 is 13.9 Å². The number of anilines is 1. The lowest BCUT2D eigenvalue weighted by atomic mass is 10.1. The van der Waals surface area contributed by atoms with E-state index < -0.39 is 5.91 Å². The number of nitriles is 1. The smallest absolute Gasteiger partial charge is 0.259 e. The van der Waals surface area contributed by atoms with Gasteiger partial charge in [0.2, 0.25) is 0 Å². The van der Waals surface area contributed by atoms with Crippen LogP contribution in [-0.4, -0.2) is 5.91 Å². The molecule has 0 radical (unpaired) electrons. The second kappa shape index (κ2) is 7.90. The van der Waals surface area contributed by atoms with E-state index in [-0.39, 0.29) is 17.1 Å². The Bertz CT molecular complexity index is 1060. The minimum atomic E-state index is -0.420. The van der Waals surface area contributed by atoms with Gasteiger partial charge in [0, 0.05) is 16.8 Å². The van der Waals surface area contributed by atoms with Crippen molar-refractivity contribution in [2.75, 3.05) is 5.32 Å². The highest BCUT2D eigenvalue weighted by molar-refractivity contribution is 6.31. The van der Waals surface area contributed by atoms with Gasteiger partial charge in [-0.05, 0) is 61.0 Å². The molecule has 0 aliphatic carbocycles. The van der Waals surface area contributed by atoms with Gasteiger partial charge in [0.25, 0.3) is 5.91 Å². The maximum Gasteiger partial charge on any atom is 0.259 e. The normalized spacial score (nSPS) is 10.1. The molecule has 0 bridgehead atoms. The Morgan fingerprint density at radius 2 is 1.93 bits per heavy atom. The van der Waals surface area contributed by atoms with Gasteiger partial charge in [-0.2, -0.15) is 5.26 Å². The molecule has 1 N–H and O–H groups in total. The number of carbonyl (C=O) groups excluding carboxylic acids is 1. The summed E-state index contributed by atoms with van der Waals surface area (Å²) in [5, 5.41) is 12.1. The molecule has 0 aliphatic heterocycles. The first-order chi connectivity index (χ1) is 13.0. The van der Waals surface area contributed by atoms with Crippen LogP contribution in [0.4, 0.5) is 10.1 Å². The largest absolute Gasteiger partial charge is 0.456 e. The van der Waals surface area contributed by atoms with Crippen LogP contribution in [0, 0.1) is 24.1 Å². The third-order valence-electron chi connectivity index (χ3n) is 3.79. The molecule has 27 heavy (non-hydrogen) atoms. The predicted molar refractivity (Wildman–Crippen MR) is 102 cm³/mol. The Morgan fingerprint density at radius 3 is 2.67 bits per heavy atom. The van der Waals surface area contributed by atoms with Crippen LogP contribution in [0.5, 0.6) is 11.5 Å². The van der Waals surface area contributed by atoms with Crippen LogP contribution in [0.2, 0.25) is 5.02 Å². The van der Waals surface area contributed by atoms with Gasteiger partial charge in [-0.15, -0.1) is 0 Å². The predicted octanol–water partition coefficient (Wildman–Crippen LogP) is 5.70. The minimum absolute atomic E-state index is 0.242. The Hall–Kier alpha value is -3.36. The minimum Gasteiger partial charge on any atom is -0.456 e. The van der Waals surface area contributed by atoms with Crippen molar-refractivity contribution in [2.24, 2.45) is 0 Å².